The molecule has 0 aliphatic heterocycles. The second-order valence-electron chi connectivity index (χ2n) is 10.1. The van der Waals surface area contributed by atoms with Crippen molar-refractivity contribution < 1.29 is 4.74 Å². The summed E-state index contributed by atoms with van der Waals surface area (Å²) in [5.74, 6) is 4.74. The van der Waals surface area contributed by atoms with Gasteiger partial charge in [-0.15, -0.1) is 0 Å². The van der Waals surface area contributed by atoms with Crippen LogP contribution in [-0.2, 0) is 5.41 Å². The average molecular weight is 344 g/mol. The second-order valence-corrected chi connectivity index (χ2v) is 10.1. The van der Waals surface area contributed by atoms with Gasteiger partial charge >= 0.3 is 0 Å². The lowest BCUT2D eigenvalue weighted by Gasteiger charge is -2.37. The van der Waals surface area contributed by atoms with Crippen LogP contribution in [0.4, 0.5) is 0 Å². The number of rotatable bonds is 1. The predicted molar refractivity (Wildman–Crippen MR) is 105 cm³/mol. The summed E-state index contributed by atoms with van der Waals surface area (Å²) in [4.78, 5) is 0. The zero-order valence-corrected chi connectivity index (χ0v) is 16.1. The Kier molecular flexibility index (Phi) is 2.79. The van der Waals surface area contributed by atoms with Crippen LogP contribution in [0.3, 0.4) is 0 Å². The van der Waals surface area contributed by atoms with Crippen LogP contribution >= 0.6 is 0 Å². The van der Waals surface area contributed by atoms with E-state index in [-0.39, 0.29) is 5.41 Å². The molecule has 1 heteroatoms. The fraction of sp³-hybridized carbons (Fsp3) is 0.520. The molecule has 26 heavy (non-hydrogen) atoms. The van der Waals surface area contributed by atoms with E-state index < -0.39 is 0 Å². The molecule has 2 bridgehead atoms. The molecular formula is C25H28O. The van der Waals surface area contributed by atoms with Crippen LogP contribution in [-0.4, -0.2) is 7.11 Å². The van der Waals surface area contributed by atoms with Crippen molar-refractivity contribution in [2.75, 3.05) is 7.11 Å². The summed E-state index contributed by atoms with van der Waals surface area (Å²) in [5.41, 5.74) is 6.84. The van der Waals surface area contributed by atoms with Gasteiger partial charge in [0.2, 0.25) is 0 Å². The molecular weight excluding hydrogens is 316 g/mol. The van der Waals surface area contributed by atoms with Crippen LogP contribution in [0.1, 0.15) is 50.7 Å². The highest BCUT2D eigenvalue weighted by atomic mass is 16.5. The van der Waals surface area contributed by atoms with Gasteiger partial charge in [-0.3, -0.25) is 0 Å². The maximum absolute atomic E-state index is 5.62. The van der Waals surface area contributed by atoms with Gasteiger partial charge in [0.25, 0.3) is 0 Å². The average Bonchev–Trinajstić information content (AvgIpc) is 3.34. The SMILES string of the molecule is COc1ccc2c(c1)C1(CC3C4CC(C3C1)C(C)(C)C4)c1ccccc1-2. The standard InChI is InChI=1S/C25H28O/c1-24(2)12-15-10-22(24)20-14-25(13-19(15)20)21-7-5-4-6-17(21)18-9-8-16(26-3)11-23(18)25/h4-9,11,15,19-20,22H,10,12-14H2,1-3H3. The summed E-state index contributed by atoms with van der Waals surface area (Å²) < 4.78 is 5.62. The van der Waals surface area contributed by atoms with Crippen molar-refractivity contribution in [2.24, 2.45) is 29.1 Å². The Bertz CT molecular complexity index is 910. The Balaban J connectivity index is 1.53. The summed E-state index contributed by atoms with van der Waals surface area (Å²) in [6.07, 6.45) is 5.64. The van der Waals surface area contributed by atoms with Crippen LogP contribution in [0.15, 0.2) is 42.5 Å². The third-order valence-corrected chi connectivity index (χ3v) is 8.66. The van der Waals surface area contributed by atoms with E-state index in [4.69, 9.17) is 4.74 Å². The van der Waals surface area contributed by atoms with Crippen molar-refractivity contribution in [2.45, 2.75) is 44.9 Å². The van der Waals surface area contributed by atoms with Gasteiger partial charge in [-0.1, -0.05) is 44.2 Å². The van der Waals surface area contributed by atoms with E-state index >= 15 is 0 Å². The zero-order valence-electron chi connectivity index (χ0n) is 16.1. The summed E-state index contributed by atoms with van der Waals surface area (Å²) in [6, 6.07) is 16.0. The van der Waals surface area contributed by atoms with Gasteiger partial charge in [-0.05, 0) is 89.2 Å². The molecule has 1 spiro atoms. The lowest BCUT2D eigenvalue weighted by Crippen LogP contribution is -2.30. The summed E-state index contributed by atoms with van der Waals surface area (Å²) in [5, 5.41) is 0. The summed E-state index contributed by atoms with van der Waals surface area (Å²) in [6.45, 7) is 5.05. The zero-order chi connectivity index (χ0) is 17.7. The summed E-state index contributed by atoms with van der Waals surface area (Å²) in [7, 11) is 1.79. The maximum atomic E-state index is 5.62. The first-order valence-electron chi connectivity index (χ1n) is 10.3. The minimum Gasteiger partial charge on any atom is -0.497 e. The molecule has 134 valence electrons. The van der Waals surface area contributed by atoms with Crippen LogP contribution in [0, 0.1) is 29.1 Å². The molecule has 0 amide bonds. The van der Waals surface area contributed by atoms with Crippen molar-refractivity contribution in [1.29, 1.82) is 0 Å². The van der Waals surface area contributed by atoms with E-state index in [1.165, 1.54) is 36.8 Å². The van der Waals surface area contributed by atoms with Gasteiger partial charge in [0, 0.05) is 5.41 Å². The smallest absolute Gasteiger partial charge is 0.119 e. The van der Waals surface area contributed by atoms with E-state index in [2.05, 4.69) is 56.3 Å². The van der Waals surface area contributed by atoms with Crippen LogP contribution in [0.2, 0.25) is 0 Å². The largest absolute Gasteiger partial charge is 0.497 e. The molecule has 5 atom stereocenters. The first-order valence-corrected chi connectivity index (χ1v) is 10.3. The Morgan fingerprint density at radius 2 is 1.65 bits per heavy atom. The quantitative estimate of drug-likeness (QED) is 0.611. The minimum absolute atomic E-state index is 0.229. The van der Waals surface area contributed by atoms with Crippen LogP contribution < -0.4 is 4.74 Å². The second kappa shape index (κ2) is 4.74. The number of ether oxygens (including phenoxy) is 1. The maximum Gasteiger partial charge on any atom is 0.119 e. The lowest BCUT2D eigenvalue weighted by atomic mass is 9.68. The number of benzene rings is 2. The molecule has 2 aromatic carbocycles. The molecule has 0 saturated heterocycles. The molecule has 5 unspecified atom stereocenters. The molecule has 3 fully saturated rings. The lowest BCUT2D eigenvalue weighted by molar-refractivity contribution is 0.117. The Morgan fingerprint density at radius 3 is 2.50 bits per heavy atom. The van der Waals surface area contributed by atoms with E-state index in [0.717, 1.165) is 29.4 Å². The highest BCUT2D eigenvalue weighted by Gasteiger charge is 2.63. The fourth-order valence-electron chi connectivity index (χ4n) is 7.79. The number of hydrogen-bond donors (Lipinski definition) is 0. The van der Waals surface area contributed by atoms with Gasteiger partial charge in [0.05, 0.1) is 7.11 Å². The van der Waals surface area contributed by atoms with Crippen molar-refractivity contribution >= 4 is 0 Å². The Hall–Kier alpha value is -1.76. The number of hydrogen-bond acceptors (Lipinski definition) is 1. The predicted octanol–water partition coefficient (Wildman–Crippen LogP) is 6.05. The van der Waals surface area contributed by atoms with Crippen molar-refractivity contribution in [3.05, 3.63) is 53.6 Å². The van der Waals surface area contributed by atoms with E-state index in [0.29, 0.717) is 5.41 Å². The fourth-order valence-corrected chi connectivity index (χ4v) is 7.79. The highest BCUT2D eigenvalue weighted by molar-refractivity contribution is 5.82. The van der Waals surface area contributed by atoms with E-state index in [1.54, 1.807) is 18.2 Å². The molecule has 3 saturated carbocycles. The first kappa shape index (κ1) is 15.3. The topological polar surface area (TPSA) is 9.23 Å². The minimum atomic E-state index is 0.229. The third kappa shape index (κ3) is 1.68. The molecule has 4 aliphatic carbocycles. The molecule has 6 rings (SSSR count). The molecule has 1 nitrogen and oxygen atoms in total. The van der Waals surface area contributed by atoms with Crippen LogP contribution in [0.25, 0.3) is 11.1 Å². The van der Waals surface area contributed by atoms with Gasteiger partial charge in [0.1, 0.15) is 5.75 Å². The van der Waals surface area contributed by atoms with Crippen molar-refractivity contribution in [3.63, 3.8) is 0 Å². The normalized spacial score (nSPS) is 37.7. The highest BCUT2D eigenvalue weighted by Crippen LogP contribution is 2.71. The van der Waals surface area contributed by atoms with Gasteiger partial charge in [-0.25, -0.2) is 0 Å². The monoisotopic (exact) mass is 344 g/mol. The molecule has 0 radical (unpaired) electrons. The van der Waals surface area contributed by atoms with Gasteiger partial charge < -0.3 is 4.74 Å². The third-order valence-electron chi connectivity index (χ3n) is 8.66. The Morgan fingerprint density at radius 1 is 0.885 bits per heavy atom. The molecule has 0 heterocycles. The first-order chi connectivity index (χ1) is 12.5. The summed E-state index contributed by atoms with van der Waals surface area (Å²) >= 11 is 0. The van der Waals surface area contributed by atoms with E-state index in [1.807, 2.05) is 0 Å². The molecule has 0 aromatic heterocycles. The Labute approximate surface area is 156 Å². The number of fused-ring (bicyclic) bond motifs is 10. The van der Waals surface area contributed by atoms with Crippen molar-refractivity contribution in [3.8, 4) is 16.9 Å². The molecule has 4 aliphatic rings. The molecule has 0 N–H and O–H groups in total. The number of methoxy groups -OCH3 is 1. The van der Waals surface area contributed by atoms with E-state index in [9.17, 15) is 0 Å². The van der Waals surface area contributed by atoms with Crippen LogP contribution in [0.5, 0.6) is 5.75 Å². The molecule has 2 aromatic rings. The van der Waals surface area contributed by atoms with Crippen molar-refractivity contribution in [1.82, 2.24) is 0 Å². The van der Waals surface area contributed by atoms with Gasteiger partial charge in [0.15, 0.2) is 0 Å². The van der Waals surface area contributed by atoms with Gasteiger partial charge in [-0.2, -0.15) is 0 Å².